The van der Waals surface area contributed by atoms with E-state index in [-0.39, 0.29) is 18.0 Å². The Labute approximate surface area is 175 Å². The van der Waals surface area contributed by atoms with E-state index in [1.807, 2.05) is 0 Å². The summed E-state index contributed by atoms with van der Waals surface area (Å²) < 4.78 is 69.7. The smallest absolute Gasteiger partial charge is 0.396 e. The standard InChI is InChI=1S/C20H19F3N4O3S/c1-26-12-17-16-11-15(31(29,30)24-9-2-10-28)7-8-18(16)27(19(17)25-26)14-5-3-13(4-6-14)20(21,22)23/h3-8,11-12,24,28H,2,9-10H2,1H3. The van der Waals surface area contributed by atoms with Crippen molar-refractivity contribution in [3.05, 3.63) is 54.2 Å². The van der Waals surface area contributed by atoms with Crippen LogP contribution in [0.5, 0.6) is 0 Å². The molecule has 31 heavy (non-hydrogen) atoms. The van der Waals surface area contributed by atoms with Gasteiger partial charge >= 0.3 is 6.18 Å². The van der Waals surface area contributed by atoms with E-state index in [0.717, 1.165) is 12.1 Å². The van der Waals surface area contributed by atoms with Gasteiger partial charge in [-0.05, 0) is 48.9 Å². The molecule has 0 aliphatic carbocycles. The summed E-state index contributed by atoms with van der Waals surface area (Å²) in [5.41, 5.74) is 0.836. The molecule has 2 aromatic heterocycles. The molecular formula is C20H19F3N4O3S. The van der Waals surface area contributed by atoms with Crippen LogP contribution in [0.3, 0.4) is 0 Å². The van der Waals surface area contributed by atoms with E-state index < -0.39 is 21.8 Å². The second-order valence-corrected chi connectivity index (χ2v) is 8.84. The lowest BCUT2D eigenvalue weighted by molar-refractivity contribution is -0.137. The molecule has 4 aromatic rings. The number of fused-ring (bicyclic) bond motifs is 3. The van der Waals surface area contributed by atoms with Gasteiger partial charge in [-0.1, -0.05) is 0 Å². The number of alkyl halides is 3. The number of nitrogens with one attached hydrogen (secondary N) is 1. The number of hydrogen-bond donors (Lipinski definition) is 2. The van der Waals surface area contributed by atoms with E-state index in [1.54, 1.807) is 28.6 Å². The summed E-state index contributed by atoms with van der Waals surface area (Å²) in [5.74, 6) is 0. The largest absolute Gasteiger partial charge is 0.416 e. The quantitative estimate of drug-likeness (QED) is 0.440. The summed E-state index contributed by atoms with van der Waals surface area (Å²) in [6, 6.07) is 9.27. The number of hydrogen-bond acceptors (Lipinski definition) is 4. The number of aromatic nitrogens is 3. The van der Waals surface area contributed by atoms with Crippen molar-refractivity contribution in [1.29, 1.82) is 0 Å². The lowest BCUT2D eigenvalue weighted by Gasteiger charge is -2.10. The van der Waals surface area contributed by atoms with E-state index in [1.165, 1.54) is 24.3 Å². The zero-order chi connectivity index (χ0) is 22.4. The predicted octanol–water partition coefficient (Wildman–Crippen LogP) is 3.20. The van der Waals surface area contributed by atoms with Crippen molar-refractivity contribution >= 4 is 32.0 Å². The molecule has 0 unspecified atom stereocenters. The maximum absolute atomic E-state index is 12.9. The highest BCUT2D eigenvalue weighted by molar-refractivity contribution is 7.89. The zero-order valence-corrected chi connectivity index (χ0v) is 17.2. The topological polar surface area (TPSA) is 89.1 Å². The van der Waals surface area contributed by atoms with Crippen molar-refractivity contribution < 1.29 is 26.7 Å². The molecule has 0 radical (unpaired) electrons. The Morgan fingerprint density at radius 3 is 2.45 bits per heavy atom. The van der Waals surface area contributed by atoms with Crippen LogP contribution >= 0.6 is 0 Å². The van der Waals surface area contributed by atoms with Gasteiger partial charge < -0.3 is 5.11 Å². The molecule has 0 bridgehead atoms. The number of halogens is 3. The van der Waals surface area contributed by atoms with Gasteiger partial charge in [-0.15, -0.1) is 0 Å². The zero-order valence-electron chi connectivity index (χ0n) is 16.4. The summed E-state index contributed by atoms with van der Waals surface area (Å²) in [5, 5.41) is 14.5. The molecule has 0 aliphatic heterocycles. The molecule has 11 heteroatoms. The molecule has 4 rings (SSSR count). The van der Waals surface area contributed by atoms with E-state index in [2.05, 4.69) is 9.82 Å². The monoisotopic (exact) mass is 452 g/mol. The molecule has 0 amide bonds. The van der Waals surface area contributed by atoms with E-state index in [9.17, 15) is 21.6 Å². The highest BCUT2D eigenvalue weighted by Gasteiger charge is 2.30. The summed E-state index contributed by atoms with van der Waals surface area (Å²) in [7, 11) is -2.08. The molecule has 164 valence electrons. The molecule has 0 fully saturated rings. The second-order valence-electron chi connectivity index (χ2n) is 7.07. The molecule has 2 aromatic carbocycles. The number of benzene rings is 2. The number of aliphatic hydroxyl groups excluding tert-OH is 1. The summed E-state index contributed by atoms with van der Waals surface area (Å²) in [4.78, 5) is 0.0493. The van der Waals surface area contributed by atoms with Gasteiger partial charge in [0.25, 0.3) is 0 Å². The maximum atomic E-state index is 12.9. The van der Waals surface area contributed by atoms with E-state index in [0.29, 0.717) is 34.0 Å². The molecule has 2 N–H and O–H groups in total. The van der Waals surface area contributed by atoms with Gasteiger partial charge in [-0.25, -0.2) is 13.1 Å². The van der Waals surface area contributed by atoms with Gasteiger partial charge in [0.2, 0.25) is 10.0 Å². The van der Waals surface area contributed by atoms with Crippen LogP contribution < -0.4 is 4.72 Å². The first kappa shape index (κ1) is 21.3. The Morgan fingerprint density at radius 2 is 1.81 bits per heavy atom. The Hall–Kier alpha value is -2.89. The average Bonchev–Trinajstić information content (AvgIpc) is 3.22. The maximum Gasteiger partial charge on any atom is 0.416 e. The van der Waals surface area contributed by atoms with Crippen molar-refractivity contribution in [2.24, 2.45) is 7.05 Å². The first-order chi connectivity index (χ1) is 14.6. The van der Waals surface area contributed by atoms with Gasteiger partial charge in [0.1, 0.15) is 0 Å². The highest BCUT2D eigenvalue weighted by Crippen LogP contribution is 2.34. The van der Waals surface area contributed by atoms with Crippen LogP contribution in [0, 0.1) is 0 Å². The van der Waals surface area contributed by atoms with Crippen molar-refractivity contribution in [3.8, 4) is 5.69 Å². The van der Waals surface area contributed by atoms with Crippen LogP contribution in [-0.4, -0.2) is 41.0 Å². The fourth-order valence-electron chi connectivity index (χ4n) is 3.47. The number of rotatable bonds is 6. The van der Waals surface area contributed by atoms with Crippen molar-refractivity contribution in [3.63, 3.8) is 0 Å². The Bertz CT molecular complexity index is 1360. The minimum Gasteiger partial charge on any atom is -0.396 e. The van der Waals surface area contributed by atoms with Crippen LogP contribution in [0.25, 0.3) is 27.6 Å². The van der Waals surface area contributed by atoms with Crippen molar-refractivity contribution in [2.45, 2.75) is 17.5 Å². The predicted molar refractivity (Wildman–Crippen MR) is 109 cm³/mol. The van der Waals surface area contributed by atoms with Crippen LogP contribution in [0.4, 0.5) is 13.2 Å². The molecule has 0 saturated heterocycles. The van der Waals surface area contributed by atoms with Crippen molar-refractivity contribution in [1.82, 2.24) is 19.1 Å². The van der Waals surface area contributed by atoms with Crippen LogP contribution in [-0.2, 0) is 23.2 Å². The van der Waals surface area contributed by atoms with Crippen LogP contribution in [0.15, 0.2) is 53.6 Å². The first-order valence-corrected chi connectivity index (χ1v) is 10.9. The van der Waals surface area contributed by atoms with Gasteiger partial charge in [-0.2, -0.15) is 18.3 Å². The van der Waals surface area contributed by atoms with Gasteiger partial charge in [0.15, 0.2) is 5.65 Å². The highest BCUT2D eigenvalue weighted by atomic mass is 32.2. The third-order valence-corrected chi connectivity index (χ3v) is 6.37. The lowest BCUT2D eigenvalue weighted by atomic mass is 10.2. The number of aryl methyl sites for hydroxylation is 1. The Kier molecular flexibility index (Phi) is 5.28. The van der Waals surface area contributed by atoms with E-state index in [4.69, 9.17) is 5.11 Å². The first-order valence-electron chi connectivity index (χ1n) is 9.38. The molecule has 0 aliphatic rings. The third-order valence-electron chi connectivity index (χ3n) is 4.91. The van der Waals surface area contributed by atoms with Gasteiger partial charge in [-0.3, -0.25) is 9.25 Å². The summed E-state index contributed by atoms with van der Waals surface area (Å²) in [6.45, 7) is -0.0282. The van der Waals surface area contributed by atoms with Crippen molar-refractivity contribution in [2.75, 3.05) is 13.2 Å². The SMILES string of the molecule is Cn1cc2c3cc(S(=O)(=O)NCCCO)ccc3n(-c3ccc(C(F)(F)F)cc3)c2n1. The third kappa shape index (κ3) is 3.91. The molecule has 7 nitrogen and oxygen atoms in total. The Balaban J connectivity index is 1.87. The summed E-state index contributed by atoms with van der Waals surface area (Å²) in [6.07, 6.45) is -2.42. The molecule has 2 heterocycles. The van der Waals surface area contributed by atoms with Crippen LogP contribution in [0.1, 0.15) is 12.0 Å². The fourth-order valence-corrected chi connectivity index (χ4v) is 4.57. The number of aliphatic hydroxyl groups is 1. The normalized spacial score (nSPS) is 12.8. The summed E-state index contributed by atoms with van der Waals surface area (Å²) >= 11 is 0. The Morgan fingerprint density at radius 1 is 1.10 bits per heavy atom. The molecule has 0 spiro atoms. The van der Waals surface area contributed by atoms with Gasteiger partial charge in [0, 0.05) is 42.9 Å². The van der Waals surface area contributed by atoms with Crippen LogP contribution in [0.2, 0.25) is 0 Å². The van der Waals surface area contributed by atoms with E-state index >= 15 is 0 Å². The molecule has 0 saturated carbocycles. The van der Waals surface area contributed by atoms with Gasteiger partial charge in [0.05, 0.1) is 16.0 Å². The number of sulfonamides is 1. The lowest BCUT2D eigenvalue weighted by Crippen LogP contribution is -2.25. The molecule has 0 atom stereocenters. The molecular weight excluding hydrogens is 433 g/mol. The fraction of sp³-hybridized carbons (Fsp3) is 0.250. The second kappa shape index (κ2) is 7.66. The minimum atomic E-state index is -4.44. The minimum absolute atomic E-state index is 0.0493. The number of nitrogens with zero attached hydrogens (tertiary/aromatic N) is 3. The average molecular weight is 452 g/mol.